The van der Waals surface area contributed by atoms with Crippen LogP contribution in [0.15, 0.2) is 46.2 Å². The quantitative estimate of drug-likeness (QED) is 0.610. The molecule has 2 aromatic rings. The van der Waals surface area contributed by atoms with Gasteiger partial charge < -0.3 is 4.42 Å². The molecule has 17 heavy (non-hydrogen) atoms. The number of alkyl halides is 1. The summed E-state index contributed by atoms with van der Waals surface area (Å²) in [5.74, 6) is 1.45. The third-order valence-electron chi connectivity index (χ3n) is 2.46. The summed E-state index contributed by atoms with van der Waals surface area (Å²) in [7, 11) is 0. The third-order valence-corrected chi connectivity index (χ3v) is 4.25. The van der Waals surface area contributed by atoms with Gasteiger partial charge in [-0.1, -0.05) is 58.0 Å². The van der Waals surface area contributed by atoms with Crippen molar-refractivity contribution in [3.63, 3.8) is 0 Å². The number of oxazole rings is 1. The summed E-state index contributed by atoms with van der Waals surface area (Å²) in [5.41, 5.74) is 2.28. The van der Waals surface area contributed by atoms with Crippen LogP contribution in [-0.2, 0) is 0 Å². The van der Waals surface area contributed by atoms with E-state index < -0.39 is 0 Å². The lowest BCUT2D eigenvalue weighted by atomic mass is 10.0. The maximum atomic E-state index is 5.33. The van der Waals surface area contributed by atoms with Gasteiger partial charge in [0.05, 0.1) is 5.69 Å². The first-order valence-corrected chi connectivity index (χ1v) is 7.56. The van der Waals surface area contributed by atoms with Crippen LogP contribution >= 0.6 is 27.7 Å². The smallest absolute Gasteiger partial charge is 0.255 e. The zero-order chi connectivity index (χ0) is 12.1. The van der Waals surface area contributed by atoms with Gasteiger partial charge in [0.25, 0.3) is 5.22 Å². The molecule has 0 spiro atoms. The Morgan fingerprint density at radius 2 is 2.12 bits per heavy atom. The van der Waals surface area contributed by atoms with Gasteiger partial charge in [0, 0.05) is 17.0 Å². The highest BCUT2D eigenvalue weighted by Crippen LogP contribution is 2.27. The predicted molar refractivity (Wildman–Crippen MR) is 74.9 cm³/mol. The molecule has 0 saturated carbocycles. The second-order valence-corrected chi connectivity index (χ2v) is 5.45. The van der Waals surface area contributed by atoms with Gasteiger partial charge in [0.2, 0.25) is 0 Å². The van der Waals surface area contributed by atoms with Crippen molar-refractivity contribution >= 4 is 27.7 Å². The van der Waals surface area contributed by atoms with E-state index in [2.05, 4.69) is 45.2 Å². The highest BCUT2D eigenvalue weighted by molar-refractivity contribution is 9.09. The van der Waals surface area contributed by atoms with Gasteiger partial charge in [-0.05, 0) is 12.5 Å². The molecule has 90 valence electrons. The van der Waals surface area contributed by atoms with Gasteiger partial charge in [0.15, 0.2) is 0 Å². The van der Waals surface area contributed by atoms with E-state index in [9.17, 15) is 0 Å². The van der Waals surface area contributed by atoms with Crippen LogP contribution < -0.4 is 0 Å². The zero-order valence-corrected chi connectivity index (χ0v) is 12.0. The average Bonchev–Trinajstić information content (AvgIpc) is 2.77. The first kappa shape index (κ1) is 12.7. The van der Waals surface area contributed by atoms with E-state index in [4.69, 9.17) is 4.42 Å². The molecule has 1 unspecified atom stereocenters. The van der Waals surface area contributed by atoms with Crippen molar-refractivity contribution < 1.29 is 4.42 Å². The molecule has 1 atom stereocenters. The van der Waals surface area contributed by atoms with Crippen LogP contribution in [0.5, 0.6) is 0 Å². The Kier molecular flexibility index (Phi) is 4.68. The molecule has 0 N–H and O–H groups in total. The van der Waals surface area contributed by atoms with E-state index in [1.807, 2.05) is 13.0 Å². The highest BCUT2D eigenvalue weighted by atomic mass is 79.9. The topological polar surface area (TPSA) is 26.0 Å². The molecule has 2 nitrogen and oxygen atoms in total. The minimum Gasteiger partial charge on any atom is -0.440 e. The molecule has 1 heterocycles. The molecule has 0 amide bonds. The number of thioether (sulfide) groups is 1. The summed E-state index contributed by atoms with van der Waals surface area (Å²) in [6.45, 7) is 1.94. The molecule has 2 rings (SSSR count). The van der Waals surface area contributed by atoms with Gasteiger partial charge in [0.1, 0.15) is 6.26 Å². The monoisotopic (exact) mass is 311 g/mol. The van der Waals surface area contributed by atoms with Gasteiger partial charge in [-0.25, -0.2) is 4.98 Å². The second kappa shape index (κ2) is 6.26. The van der Waals surface area contributed by atoms with Crippen LogP contribution in [0.25, 0.3) is 0 Å². The standard InChI is InChI=1S/C13H14BrNOS/c1-10-8-16-13(15-10)17-9-12(7-14)11-5-3-2-4-6-11/h2-6,8,12H,7,9H2,1H3. The molecule has 1 aromatic heterocycles. The van der Waals surface area contributed by atoms with Crippen LogP contribution in [0.1, 0.15) is 17.2 Å². The molecular formula is C13H14BrNOS. The molecule has 0 saturated heterocycles. The van der Waals surface area contributed by atoms with Crippen LogP contribution in [0.4, 0.5) is 0 Å². The van der Waals surface area contributed by atoms with Crippen molar-refractivity contribution in [1.82, 2.24) is 4.98 Å². The average molecular weight is 312 g/mol. The Hall–Kier alpha value is -0.740. The number of aromatic nitrogens is 1. The van der Waals surface area contributed by atoms with Crippen LogP contribution in [0.2, 0.25) is 0 Å². The van der Waals surface area contributed by atoms with E-state index >= 15 is 0 Å². The third kappa shape index (κ3) is 3.61. The van der Waals surface area contributed by atoms with Gasteiger partial charge in [-0.3, -0.25) is 0 Å². The summed E-state index contributed by atoms with van der Waals surface area (Å²) in [5, 5.41) is 1.70. The maximum Gasteiger partial charge on any atom is 0.255 e. The Balaban J connectivity index is 1.97. The fraction of sp³-hybridized carbons (Fsp3) is 0.308. The largest absolute Gasteiger partial charge is 0.440 e. The van der Waals surface area contributed by atoms with E-state index in [1.165, 1.54) is 5.56 Å². The van der Waals surface area contributed by atoms with E-state index in [1.54, 1.807) is 18.0 Å². The molecule has 0 aliphatic rings. The molecule has 0 aliphatic carbocycles. The number of hydrogen-bond acceptors (Lipinski definition) is 3. The fourth-order valence-electron chi connectivity index (χ4n) is 1.53. The van der Waals surface area contributed by atoms with Crippen LogP contribution in [0.3, 0.4) is 0 Å². The van der Waals surface area contributed by atoms with E-state index in [-0.39, 0.29) is 0 Å². The van der Waals surface area contributed by atoms with Crippen LogP contribution in [-0.4, -0.2) is 16.1 Å². The van der Waals surface area contributed by atoms with Crippen molar-refractivity contribution in [2.75, 3.05) is 11.1 Å². The van der Waals surface area contributed by atoms with Crippen molar-refractivity contribution in [3.05, 3.63) is 47.9 Å². The van der Waals surface area contributed by atoms with Crippen molar-refractivity contribution in [1.29, 1.82) is 0 Å². The van der Waals surface area contributed by atoms with Crippen molar-refractivity contribution in [2.45, 2.75) is 18.1 Å². The number of benzene rings is 1. The van der Waals surface area contributed by atoms with Crippen molar-refractivity contribution in [2.24, 2.45) is 0 Å². The second-order valence-electron chi connectivity index (χ2n) is 3.83. The molecule has 0 bridgehead atoms. The maximum absolute atomic E-state index is 5.33. The fourth-order valence-corrected chi connectivity index (χ4v) is 3.41. The normalized spacial score (nSPS) is 12.6. The number of rotatable bonds is 5. The first-order valence-electron chi connectivity index (χ1n) is 5.45. The molecule has 0 radical (unpaired) electrons. The summed E-state index contributed by atoms with van der Waals surface area (Å²) >= 11 is 5.23. The Labute approximate surface area is 114 Å². The number of hydrogen-bond donors (Lipinski definition) is 0. The van der Waals surface area contributed by atoms with E-state index in [0.717, 1.165) is 22.0 Å². The molecule has 0 fully saturated rings. The minimum atomic E-state index is 0.480. The molecule has 0 aliphatic heterocycles. The van der Waals surface area contributed by atoms with Gasteiger partial charge in [-0.2, -0.15) is 0 Å². The molecule has 4 heteroatoms. The Bertz CT molecular complexity index is 457. The Morgan fingerprint density at radius 1 is 1.35 bits per heavy atom. The number of halogens is 1. The summed E-state index contributed by atoms with van der Waals surface area (Å²) in [6.07, 6.45) is 1.69. The number of nitrogens with zero attached hydrogens (tertiary/aromatic N) is 1. The zero-order valence-electron chi connectivity index (χ0n) is 9.60. The lowest BCUT2D eigenvalue weighted by Crippen LogP contribution is -2.03. The SMILES string of the molecule is Cc1coc(SCC(CBr)c2ccccc2)n1. The first-order chi connectivity index (χ1) is 8.29. The van der Waals surface area contributed by atoms with Crippen LogP contribution in [0, 0.1) is 6.92 Å². The lowest BCUT2D eigenvalue weighted by Gasteiger charge is -2.12. The summed E-state index contributed by atoms with van der Waals surface area (Å²) in [4.78, 5) is 4.29. The van der Waals surface area contributed by atoms with Gasteiger partial charge >= 0.3 is 0 Å². The number of aryl methyl sites for hydroxylation is 1. The van der Waals surface area contributed by atoms with E-state index in [0.29, 0.717) is 5.92 Å². The minimum absolute atomic E-state index is 0.480. The Morgan fingerprint density at radius 3 is 2.71 bits per heavy atom. The molecular weight excluding hydrogens is 298 g/mol. The summed E-state index contributed by atoms with van der Waals surface area (Å²) < 4.78 is 5.33. The molecule has 1 aromatic carbocycles. The predicted octanol–water partition coefficient (Wildman–Crippen LogP) is 4.25. The lowest BCUT2D eigenvalue weighted by molar-refractivity contribution is 0.454. The highest BCUT2D eigenvalue weighted by Gasteiger charge is 2.12. The van der Waals surface area contributed by atoms with Gasteiger partial charge in [-0.15, -0.1) is 0 Å². The summed E-state index contributed by atoms with van der Waals surface area (Å²) in [6, 6.07) is 10.5. The van der Waals surface area contributed by atoms with Crippen molar-refractivity contribution in [3.8, 4) is 0 Å².